The van der Waals surface area contributed by atoms with Gasteiger partial charge in [0.05, 0.1) is 0 Å². The third-order valence-corrected chi connectivity index (χ3v) is 3.49. The summed E-state index contributed by atoms with van der Waals surface area (Å²) >= 11 is 0. The van der Waals surface area contributed by atoms with Crippen molar-refractivity contribution in [3.63, 3.8) is 0 Å². The Kier molecular flexibility index (Phi) is 4.70. The third-order valence-electron chi connectivity index (χ3n) is 3.49. The smallest absolute Gasteiger partial charge is 0.251 e. The van der Waals surface area contributed by atoms with Crippen LogP contribution in [0.2, 0.25) is 0 Å². The number of rotatable bonds is 6. The second kappa shape index (κ2) is 7.08. The Balaban J connectivity index is 1.56. The Morgan fingerprint density at radius 3 is 2.67 bits per heavy atom. The van der Waals surface area contributed by atoms with Gasteiger partial charge >= 0.3 is 0 Å². The zero-order chi connectivity index (χ0) is 16.9. The Morgan fingerprint density at radius 1 is 1.17 bits per heavy atom. The van der Waals surface area contributed by atoms with Gasteiger partial charge in [-0.1, -0.05) is 12.6 Å². The molecule has 0 unspecified atom stereocenters. The van der Waals surface area contributed by atoms with E-state index in [1.807, 2.05) is 25.1 Å². The normalized spacial score (nSPS) is 11.9. The second-order valence-electron chi connectivity index (χ2n) is 5.64. The second-order valence-corrected chi connectivity index (χ2v) is 5.64. The maximum absolute atomic E-state index is 12.2. The van der Waals surface area contributed by atoms with Crippen LogP contribution < -0.4 is 19.5 Å². The van der Waals surface area contributed by atoms with Gasteiger partial charge in [-0.3, -0.25) is 4.79 Å². The highest BCUT2D eigenvalue weighted by molar-refractivity contribution is 5.94. The highest BCUT2D eigenvalue weighted by Crippen LogP contribution is 2.32. The van der Waals surface area contributed by atoms with Crippen LogP contribution in [0.5, 0.6) is 17.2 Å². The molecular formula is C19H19NO4. The number of fused-ring (bicyclic) bond motifs is 1. The van der Waals surface area contributed by atoms with Gasteiger partial charge in [0.2, 0.25) is 6.79 Å². The summed E-state index contributed by atoms with van der Waals surface area (Å²) in [6.07, 6.45) is 0. The molecule has 0 saturated heterocycles. The fourth-order valence-corrected chi connectivity index (χ4v) is 2.24. The van der Waals surface area contributed by atoms with Crippen LogP contribution in [0.1, 0.15) is 22.8 Å². The minimum Gasteiger partial charge on any atom is -0.489 e. The minimum atomic E-state index is -0.140. The fraction of sp³-hybridized carbons (Fsp3) is 0.211. The molecule has 1 aliphatic heterocycles. The van der Waals surface area contributed by atoms with Gasteiger partial charge in [0.25, 0.3) is 5.91 Å². The molecule has 5 nitrogen and oxygen atoms in total. The lowest BCUT2D eigenvalue weighted by Gasteiger charge is -2.08. The summed E-state index contributed by atoms with van der Waals surface area (Å²) in [5.41, 5.74) is 2.48. The third kappa shape index (κ3) is 3.87. The van der Waals surface area contributed by atoms with Gasteiger partial charge in [-0.15, -0.1) is 0 Å². The average Bonchev–Trinajstić information content (AvgIpc) is 3.06. The molecule has 0 aromatic heterocycles. The standard InChI is InChI=1S/C19H19NO4/c1-13(2)11-22-16-6-4-15(5-7-16)19(21)20-10-14-3-8-17-18(9-14)24-12-23-17/h3-9H,1,10-12H2,2H3,(H,20,21). The lowest BCUT2D eigenvalue weighted by molar-refractivity contribution is 0.0951. The number of hydrogen-bond donors (Lipinski definition) is 1. The number of carbonyl (C=O) groups is 1. The maximum Gasteiger partial charge on any atom is 0.251 e. The van der Waals surface area contributed by atoms with E-state index in [2.05, 4.69) is 11.9 Å². The molecule has 0 spiro atoms. The van der Waals surface area contributed by atoms with Gasteiger partial charge < -0.3 is 19.5 Å². The zero-order valence-electron chi connectivity index (χ0n) is 13.5. The van der Waals surface area contributed by atoms with Crippen LogP contribution in [0.4, 0.5) is 0 Å². The first kappa shape index (κ1) is 15.9. The van der Waals surface area contributed by atoms with E-state index in [9.17, 15) is 4.79 Å². The zero-order valence-corrected chi connectivity index (χ0v) is 13.5. The number of ether oxygens (including phenoxy) is 3. The molecule has 24 heavy (non-hydrogen) atoms. The Labute approximate surface area is 140 Å². The molecule has 0 bridgehead atoms. The molecule has 124 valence electrons. The first-order valence-corrected chi connectivity index (χ1v) is 7.66. The van der Waals surface area contributed by atoms with Crippen LogP contribution in [0.3, 0.4) is 0 Å². The van der Waals surface area contributed by atoms with E-state index in [1.165, 1.54) is 0 Å². The van der Waals surface area contributed by atoms with Crippen LogP contribution in [0.15, 0.2) is 54.6 Å². The van der Waals surface area contributed by atoms with Gasteiger partial charge in [-0.2, -0.15) is 0 Å². The fourth-order valence-electron chi connectivity index (χ4n) is 2.24. The van der Waals surface area contributed by atoms with E-state index in [0.29, 0.717) is 30.2 Å². The quantitative estimate of drug-likeness (QED) is 0.828. The number of benzene rings is 2. The average molecular weight is 325 g/mol. The lowest BCUT2D eigenvalue weighted by Crippen LogP contribution is -2.22. The van der Waals surface area contributed by atoms with Gasteiger partial charge in [0.1, 0.15) is 12.4 Å². The number of hydrogen-bond acceptors (Lipinski definition) is 4. The molecule has 3 rings (SSSR count). The first-order chi connectivity index (χ1) is 11.6. The molecule has 1 amide bonds. The van der Waals surface area contributed by atoms with Crippen LogP contribution in [0.25, 0.3) is 0 Å². The molecule has 2 aromatic rings. The number of nitrogens with one attached hydrogen (secondary N) is 1. The summed E-state index contributed by atoms with van der Waals surface area (Å²) in [6, 6.07) is 12.7. The molecule has 2 aromatic carbocycles. The van der Waals surface area contributed by atoms with Crippen molar-refractivity contribution in [2.75, 3.05) is 13.4 Å². The van der Waals surface area contributed by atoms with E-state index in [-0.39, 0.29) is 12.7 Å². The van der Waals surface area contributed by atoms with E-state index in [0.717, 1.165) is 16.9 Å². The van der Waals surface area contributed by atoms with Crippen molar-refractivity contribution in [2.24, 2.45) is 0 Å². The van der Waals surface area contributed by atoms with Gasteiger partial charge in [0, 0.05) is 12.1 Å². The van der Waals surface area contributed by atoms with Crippen LogP contribution in [-0.2, 0) is 6.54 Å². The molecule has 1 aliphatic rings. The monoisotopic (exact) mass is 325 g/mol. The summed E-state index contributed by atoms with van der Waals surface area (Å²) < 4.78 is 16.1. The topological polar surface area (TPSA) is 56.8 Å². The molecule has 5 heteroatoms. The van der Waals surface area contributed by atoms with Gasteiger partial charge in [0.15, 0.2) is 11.5 Å². The molecule has 0 fully saturated rings. The molecular weight excluding hydrogens is 306 g/mol. The summed E-state index contributed by atoms with van der Waals surface area (Å²) in [7, 11) is 0. The molecule has 0 atom stereocenters. The molecule has 0 saturated carbocycles. The van der Waals surface area contributed by atoms with Crippen molar-refractivity contribution in [3.05, 3.63) is 65.7 Å². The van der Waals surface area contributed by atoms with E-state index < -0.39 is 0 Å². The maximum atomic E-state index is 12.2. The van der Waals surface area contributed by atoms with Crippen LogP contribution >= 0.6 is 0 Å². The van der Waals surface area contributed by atoms with Crippen LogP contribution in [-0.4, -0.2) is 19.3 Å². The highest BCUT2D eigenvalue weighted by atomic mass is 16.7. The molecule has 0 aliphatic carbocycles. The molecule has 1 N–H and O–H groups in total. The van der Waals surface area contributed by atoms with Crippen molar-refractivity contribution < 1.29 is 19.0 Å². The van der Waals surface area contributed by atoms with E-state index in [1.54, 1.807) is 24.3 Å². The van der Waals surface area contributed by atoms with E-state index in [4.69, 9.17) is 14.2 Å². The van der Waals surface area contributed by atoms with E-state index >= 15 is 0 Å². The Bertz CT molecular complexity index is 752. The number of carbonyl (C=O) groups excluding carboxylic acids is 1. The van der Waals surface area contributed by atoms with Crippen molar-refractivity contribution in [1.82, 2.24) is 5.32 Å². The molecule has 0 radical (unpaired) electrons. The van der Waals surface area contributed by atoms with Gasteiger partial charge in [-0.05, 0) is 54.5 Å². The first-order valence-electron chi connectivity index (χ1n) is 7.66. The minimum absolute atomic E-state index is 0.140. The van der Waals surface area contributed by atoms with Crippen molar-refractivity contribution in [3.8, 4) is 17.2 Å². The van der Waals surface area contributed by atoms with Crippen molar-refractivity contribution in [2.45, 2.75) is 13.5 Å². The SMILES string of the molecule is C=C(C)COc1ccc(C(=O)NCc2ccc3c(c2)OCO3)cc1. The van der Waals surface area contributed by atoms with Crippen molar-refractivity contribution in [1.29, 1.82) is 0 Å². The van der Waals surface area contributed by atoms with Crippen molar-refractivity contribution >= 4 is 5.91 Å². The summed E-state index contributed by atoms with van der Waals surface area (Å²) in [5.74, 6) is 2.01. The van der Waals surface area contributed by atoms with Gasteiger partial charge in [-0.25, -0.2) is 0 Å². The summed E-state index contributed by atoms with van der Waals surface area (Å²) in [6.45, 7) is 6.81. The van der Waals surface area contributed by atoms with Crippen LogP contribution in [0, 0.1) is 0 Å². The Morgan fingerprint density at radius 2 is 1.92 bits per heavy atom. The summed E-state index contributed by atoms with van der Waals surface area (Å²) in [4.78, 5) is 12.2. The predicted molar refractivity (Wildman–Crippen MR) is 90.5 cm³/mol. The molecule has 1 heterocycles. The largest absolute Gasteiger partial charge is 0.489 e. The highest BCUT2D eigenvalue weighted by Gasteiger charge is 2.13. The summed E-state index contributed by atoms with van der Waals surface area (Å²) in [5, 5.41) is 2.89. The predicted octanol–water partition coefficient (Wildman–Crippen LogP) is 3.30. The lowest BCUT2D eigenvalue weighted by atomic mass is 10.1. The Hall–Kier alpha value is -2.95. The number of amides is 1.